The topological polar surface area (TPSA) is 29.3 Å². The molecule has 1 aromatic carbocycles. The molecule has 0 saturated carbocycles. The van der Waals surface area contributed by atoms with E-state index in [1.165, 1.54) is 14.9 Å². The average molecular weight is 339 g/mol. The van der Waals surface area contributed by atoms with Gasteiger partial charge in [-0.3, -0.25) is 4.90 Å². The van der Waals surface area contributed by atoms with Gasteiger partial charge in [0, 0.05) is 28.1 Å². The van der Waals surface area contributed by atoms with E-state index >= 15 is 0 Å². The molecule has 2 rings (SSSR count). The van der Waals surface area contributed by atoms with Gasteiger partial charge in [-0.2, -0.15) is 0 Å². The second-order valence-electron chi connectivity index (χ2n) is 4.65. The second-order valence-corrected chi connectivity index (χ2v) is 6.50. The fraction of sp³-hybridized carbons (Fsp3) is 0.333. The molecule has 0 amide bonds. The van der Waals surface area contributed by atoms with Gasteiger partial charge < -0.3 is 5.73 Å². The van der Waals surface area contributed by atoms with Crippen LogP contribution in [-0.2, 0) is 13.1 Å². The van der Waals surface area contributed by atoms with Gasteiger partial charge in [0.05, 0.1) is 0 Å². The van der Waals surface area contributed by atoms with Crippen molar-refractivity contribution in [1.29, 1.82) is 0 Å². The monoisotopic (exact) mass is 338 g/mol. The Labute approximate surface area is 127 Å². The molecule has 4 heteroatoms. The first kappa shape index (κ1) is 14.6. The maximum atomic E-state index is 5.84. The van der Waals surface area contributed by atoms with Crippen molar-refractivity contribution in [2.45, 2.75) is 26.4 Å². The zero-order valence-corrected chi connectivity index (χ0v) is 13.5. The first-order valence-electron chi connectivity index (χ1n) is 6.47. The highest BCUT2D eigenvalue weighted by Crippen LogP contribution is 2.25. The zero-order valence-electron chi connectivity index (χ0n) is 11.1. The lowest BCUT2D eigenvalue weighted by atomic mass is 10.2. The van der Waals surface area contributed by atoms with Crippen LogP contribution in [-0.4, -0.2) is 11.4 Å². The number of nitrogen functional groups attached to an aromatic ring is 1. The van der Waals surface area contributed by atoms with Gasteiger partial charge in [0.25, 0.3) is 0 Å². The number of anilines is 1. The maximum Gasteiger partial charge on any atom is 0.0342 e. The number of halogens is 1. The SMILES string of the molecule is CCCN(Cc1cccc(N)c1)Cc1sccc1Br. The van der Waals surface area contributed by atoms with E-state index in [-0.39, 0.29) is 0 Å². The van der Waals surface area contributed by atoms with Gasteiger partial charge in [0.15, 0.2) is 0 Å². The molecule has 0 fully saturated rings. The quantitative estimate of drug-likeness (QED) is 0.785. The lowest BCUT2D eigenvalue weighted by Crippen LogP contribution is -2.23. The fourth-order valence-electron chi connectivity index (χ4n) is 2.12. The number of hydrogen-bond acceptors (Lipinski definition) is 3. The molecule has 0 saturated heterocycles. The molecule has 1 aromatic heterocycles. The Balaban J connectivity index is 2.06. The van der Waals surface area contributed by atoms with Crippen LogP contribution in [0.5, 0.6) is 0 Å². The van der Waals surface area contributed by atoms with E-state index in [4.69, 9.17) is 5.73 Å². The summed E-state index contributed by atoms with van der Waals surface area (Å²) in [6.07, 6.45) is 1.16. The molecule has 2 nitrogen and oxygen atoms in total. The van der Waals surface area contributed by atoms with Crippen LogP contribution < -0.4 is 5.73 Å². The van der Waals surface area contributed by atoms with Crippen molar-refractivity contribution in [3.05, 3.63) is 50.6 Å². The van der Waals surface area contributed by atoms with Crippen molar-refractivity contribution in [2.24, 2.45) is 0 Å². The van der Waals surface area contributed by atoms with Crippen molar-refractivity contribution in [1.82, 2.24) is 4.90 Å². The number of nitrogens with two attached hydrogens (primary N) is 1. The Kier molecular flexibility index (Phi) is 5.43. The third-order valence-corrected chi connectivity index (χ3v) is 4.87. The highest BCUT2D eigenvalue weighted by atomic mass is 79.9. The highest BCUT2D eigenvalue weighted by Gasteiger charge is 2.09. The van der Waals surface area contributed by atoms with E-state index < -0.39 is 0 Å². The van der Waals surface area contributed by atoms with E-state index in [0.29, 0.717) is 0 Å². The molecule has 0 radical (unpaired) electrons. The molecule has 102 valence electrons. The molecule has 19 heavy (non-hydrogen) atoms. The van der Waals surface area contributed by atoms with Crippen LogP contribution in [0.2, 0.25) is 0 Å². The van der Waals surface area contributed by atoms with Gasteiger partial charge in [0.2, 0.25) is 0 Å². The molecule has 0 spiro atoms. The summed E-state index contributed by atoms with van der Waals surface area (Å²) in [5, 5.41) is 2.13. The highest BCUT2D eigenvalue weighted by molar-refractivity contribution is 9.10. The Bertz CT molecular complexity index is 524. The van der Waals surface area contributed by atoms with Crippen LogP contribution in [0.25, 0.3) is 0 Å². The summed E-state index contributed by atoms with van der Waals surface area (Å²) < 4.78 is 1.21. The Morgan fingerprint density at radius 1 is 1.26 bits per heavy atom. The number of nitrogens with zero attached hydrogens (tertiary/aromatic N) is 1. The largest absolute Gasteiger partial charge is 0.399 e. The summed E-state index contributed by atoms with van der Waals surface area (Å²) in [6, 6.07) is 10.3. The molecule has 0 bridgehead atoms. The smallest absolute Gasteiger partial charge is 0.0342 e. The van der Waals surface area contributed by atoms with Gasteiger partial charge >= 0.3 is 0 Å². The summed E-state index contributed by atoms with van der Waals surface area (Å²) in [5.41, 5.74) is 7.96. The normalized spacial score (nSPS) is 11.1. The van der Waals surface area contributed by atoms with Crippen molar-refractivity contribution in [2.75, 3.05) is 12.3 Å². The molecule has 0 unspecified atom stereocenters. The molecule has 0 aliphatic rings. The van der Waals surface area contributed by atoms with Crippen LogP contribution in [0.3, 0.4) is 0 Å². The van der Waals surface area contributed by atoms with E-state index in [9.17, 15) is 0 Å². The minimum atomic E-state index is 0.839. The van der Waals surface area contributed by atoms with Gasteiger partial charge in [-0.1, -0.05) is 19.1 Å². The Morgan fingerprint density at radius 2 is 2.11 bits per heavy atom. The molecule has 0 aliphatic carbocycles. The average Bonchev–Trinajstić information content (AvgIpc) is 2.75. The van der Waals surface area contributed by atoms with Crippen molar-refractivity contribution < 1.29 is 0 Å². The molecule has 0 atom stereocenters. The summed E-state index contributed by atoms with van der Waals surface area (Å²) in [4.78, 5) is 3.85. The summed E-state index contributed by atoms with van der Waals surface area (Å²) >= 11 is 5.41. The predicted octanol–water partition coefficient (Wildman–Crippen LogP) is 4.51. The predicted molar refractivity (Wildman–Crippen MR) is 87.3 cm³/mol. The van der Waals surface area contributed by atoms with E-state index in [1.54, 1.807) is 11.3 Å². The molecular weight excluding hydrogens is 320 g/mol. The third-order valence-electron chi connectivity index (χ3n) is 2.96. The molecular formula is C15H19BrN2S. The van der Waals surface area contributed by atoms with E-state index in [1.807, 2.05) is 12.1 Å². The number of hydrogen-bond donors (Lipinski definition) is 1. The lowest BCUT2D eigenvalue weighted by Gasteiger charge is -2.21. The second kappa shape index (κ2) is 7.08. The molecule has 2 N–H and O–H groups in total. The molecule has 2 aromatic rings. The lowest BCUT2D eigenvalue weighted by molar-refractivity contribution is 0.259. The zero-order chi connectivity index (χ0) is 13.7. The standard InChI is InChI=1S/C15H19BrN2S/c1-2-7-18(11-15-14(16)6-8-19-15)10-12-4-3-5-13(17)9-12/h3-6,8-9H,2,7,10-11,17H2,1H3. The van der Waals surface area contributed by atoms with E-state index in [0.717, 1.165) is 31.7 Å². The van der Waals surface area contributed by atoms with Gasteiger partial charge in [-0.05, 0) is 58.0 Å². The van der Waals surface area contributed by atoms with Gasteiger partial charge in [-0.15, -0.1) is 11.3 Å². The third kappa shape index (κ3) is 4.34. The maximum absolute atomic E-state index is 5.84. The first-order chi connectivity index (χ1) is 9.19. The number of rotatable bonds is 6. The summed E-state index contributed by atoms with van der Waals surface area (Å²) in [5.74, 6) is 0. The fourth-order valence-corrected chi connectivity index (χ4v) is 3.64. The molecule has 1 heterocycles. The van der Waals surface area contributed by atoms with Crippen molar-refractivity contribution >= 4 is 33.0 Å². The van der Waals surface area contributed by atoms with Crippen LogP contribution in [0.1, 0.15) is 23.8 Å². The number of thiophene rings is 1. The van der Waals surface area contributed by atoms with Crippen LogP contribution >= 0.6 is 27.3 Å². The minimum absolute atomic E-state index is 0.839. The van der Waals surface area contributed by atoms with E-state index in [2.05, 4.69) is 51.3 Å². The molecule has 0 aliphatic heterocycles. The Morgan fingerprint density at radius 3 is 2.74 bits per heavy atom. The summed E-state index contributed by atoms with van der Waals surface area (Å²) in [7, 11) is 0. The van der Waals surface area contributed by atoms with Gasteiger partial charge in [0.1, 0.15) is 0 Å². The van der Waals surface area contributed by atoms with Crippen LogP contribution in [0.4, 0.5) is 5.69 Å². The Hall–Kier alpha value is -0.840. The van der Waals surface area contributed by atoms with Crippen LogP contribution in [0.15, 0.2) is 40.2 Å². The number of benzene rings is 1. The van der Waals surface area contributed by atoms with Crippen LogP contribution in [0, 0.1) is 0 Å². The summed E-state index contributed by atoms with van der Waals surface area (Å²) in [6.45, 7) is 5.25. The van der Waals surface area contributed by atoms with Crippen molar-refractivity contribution in [3.63, 3.8) is 0 Å². The minimum Gasteiger partial charge on any atom is -0.399 e. The first-order valence-corrected chi connectivity index (χ1v) is 8.15. The van der Waals surface area contributed by atoms with Crippen molar-refractivity contribution in [3.8, 4) is 0 Å². The van der Waals surface area contributed by atoms with Gasteiger partial charge in [-0.25, -0.2) is 0 Å².